The van der Waals surface area contributed by atoms with Crippen molar-refractivity contribution in [1.29, 1.82) is 0 Å². The summed E-state index contributed by atoms with van der Waals surface area (Å²) >= 11 is 0. The molecule has 1 aromatic carbocycles. The van der Waals surface area contributed by atoms with Gasteiger partial charge in [0.15, 0.2) is 5.78 Å². The zero-order valence-corrected chi connectivity index (χ0v) is 10.9. The SMILES string of the molecule is Cc1cnc(=O)n(CC(=O)c2coc3ccccc23)c1. The molecular weight excluding hydrogens is 256 g/mol. The molecule has 2 heterocycles. The number of hydrogen-bond acceptors (Lipinski definition) is 4. The minimum Gasteiger partial charge on any atom is -0.464 e. The highest BCUT2D eigenvalue weighted by molar-refractivity contribution is 6.06. The second-order valence-corrected chi connectivity index (χ2v) is 4.61. The van der Waals surface area contributed by atoms with E-state index >= 15 is 0 Å². The van der Waals surface area contributed by atoms with E-state index in [4.69, 9.17) is 4.42 Å². The van der Waals surface area contributed by atoms with Crippen molar-refractivity contribution in [1.82, 2.24) is 9.55 Å². The molecular formula is C15H12N2O3. The number of ketones is 1. The zero-order chi connectivity index (χ0) is 14.1. The fourth-order valence-electron chi connectivity index (χ4n) is 2.11. The van der Waals surface area contributed by atoms with Gasteiger partial charge in [-0.05, 0) is 18.6 Å². The van der Waals surface area contributed by atoms with Gasteiger partial charge in [-0.15, -0.1) is 0 Å². The third-order valence-corrected chi connectivity index (χ3v) is 3.08. The smallest absolute Gasteiger partial charge is 0.347 e. The molecule has 2 aromatic heterocycles. The number of para-hydroxylation sites is 1. The third-order valence-electron chi connectivity index (χ3n) is 3.08. The molecule has 0 aliphatic carbocycles. The van der Waals surface area contributed by atoms with Gasteiger partial charge in [0.25, 0.3) is 0 Å². The number of nitrogens with zero attached hydrogens (tertiary/aromatic N) is 2. The summed E-state index contributed by atoms with van der Waals surface area (Å²) in [6.45, 7) is 1.78. The molecule has 0 amide bonds. The van der Waals surface area contributed by atoms with E-state index in [-0.39, 0.29) is 12.3 Å². The van der Waals surface area contributed by atoms with Crippen LogP contribution in [0.2, 0.25) is 0 Å². The summed E-state index contributed by atoms with van der Waals surface area (Å²) in [6, 6.07) is 7.31. The third kappa shape index (κ3) is 2.14. The van der Waals surface area contributed by atoms with E-state index in [9.17, 15) is 9.59 Å². The molecule has 0 saturated carbocycles. The van der Waals surface area contributed by atoms with Crippen molar-refractivity contribution in [2.45, 2.75) is 13.5 Å². The maximum atomic E-state index is 12.3. The van der Waals surface area contributed by atoms with Crippen molar-refractivity contribution in [3.8, 4) is 0 Å². The first kappa shape index (κ1) is 12.3. The van der Waals surface area contributed by atoms with Gasteiger partial charge >= 0.3 is 5.69 Å². The van der Waals surface area contributed by atoms with Crippen LogP contribution >= 0.6 is 0 Å². The molecule has 5 nitrogen and oxygen atoms in total. The molecule has 5 heteroatoms. The fraction of sp³-hybridized carbons (Fsp3) is 0.133. The van der Waals surface area contributed by atoms with E-state index < -0.39 is 5.69 Å². The number of Topliss-reactive ketones (excluding diaryl/α,β-unsaturated/α-hetero) is 1. The van der Waals surface area contributed by atoms with Gasteiger partial charge in [-0.3, -0.25) is 9.36 Å². The molecule has 0 atom stereocenters. The molecule has 0 spiro atoms. The number of aromatic nitrogens is 2. The highest BCUT2D eigenvalue weighted by atomic mass is 16.3. The number of fused-ring (bicyclic) bond motifs is 1. The second-order valence-electron chi connectivity index (χ2n) is 4.61. The minimum absolute atomic E-state index is 0.0446. The van der Waals surface area contributed by atoms with Crippen LogP contribution in [0.25, 0.3) is 11.0 Å². The molecule has 0 unspecified atom stereocenters. The molecule has 0 aliphatic heterocycles. The van der Waals surface area contributed by atoms with Crippen molar-refractivity contribution < 1.29 is 9.21 Å². The minimum atomic E-state index is -0.434. The topological polar surface area (TPSA) is 65.1 Å². The molecule has 0 saturated heterocycles. The van der Waals surface area contributed by atoms with Crippen LogP contribution in [-0.2, 0) is 6.54 Å². The first-order valence-electron chi connectivity index (χ1n) is 6.17. The van der Waals surface area contributed by atoms with Gasteiger partial charge in [0, 0.05) is 17.8 Å². The number of hydrogen-bond donors (Lipinski definition) is 0. The summed E-state index contributed by atoms with van der Waals surface area (Å²) in [6.07, 6.45) is 4.54. The van der Waals surface area contributed by atoms with E-state index in [1.54, 1.807) is 12.3 Å². The standard InChI is InChI=1S/C15H12N2O3/c1-10-6-16-15(19)17(7-10)8-13(18)12-9-20-14-5-3-2-4-11(12)14/h2-7,9H,8H2,1H3. The van der Waals surface area contributed by atoms with Gasteiger partial charge in [0.2, 0.25) is 0 Å². The van der Waals surface area contributed by atoms with Crippen molar-refractivity contribution in [3.05, 3.63) is 64.5 Å². The Morgan fingerprint density at radius 1 is 1.35 bits per heavy atom. The fourth-order valence-corrected chi connectivity index (χ4v) is 2.11. The van der Waals surface area contributed by atoms with Crippen LogP contribution in [0.1, 0.15) is 15.9 Å². The Balaban J connectivity index is 1.97. The van der Waals surface area contributed by atoms with E-state index in [0.29, 0.717) is 11.1 Å². The number of aryl methyl sites for hydroxylation is 1. The average Bonchev–Trinajstić information content (AvgIpc) is 2.87. The Hall–Kier alpha value is -2.69. The van der Waals surface area contributed by atoms with Gasteiger partial charge in [-0.25, -0.2) is 9.78 Å². The van der Waals surface area contributed by atoms with Crippen LogP contribution in [0.5, 0.6) is 0 Å². The Kier molecular flexibility index (Phi) is 2.95. The maximum Gasteiger partial charge on any atom is 0.347 e. The van der Waals surface area contributed by atoms with Crippen LogP contribution in [0.4, 0.5) is 0 Å². The Morgan fingerprint density at radius 2 is 2.15 bits per heavy atom. The lowest BCUT2D eigenvalue weighted by molar-refractivity contribution is 0.0971. The molecule has 3 rings (SSSR count). The van der Waals surface area contributed by atoms with Crippen LogP contribution in [0.3, 0.4) is 0 Å². The van der Waals surface area contributed by atoms with Gasteiger partial charge in [-0.2, -0.15) is 0 Å². The van der Waals surface area contributed by atoms with Crippen LogP contribution in [0.15, 0.2) is 52.1 Å². The summed E-state index contributed by atoms with van der Waals surface area (Å²) < 4.78 is 6.64. The molecule has 3 aromatic rings. The van der Waals surface area contributed by atoms with Gasteiger partial charge < -0.3 is 4.42 Å². The predicted molar refractivity (Wildman–Crippen MR) is 73.8 cm³/mol. The maximum absolute atomic E-state index is 12.3. The number of rotatable bonds is 3. The van der Waals surface area contributed by atoms with E-state index in [0.717, 1.165) is 10.9 Å². The van der Waals surface area contributed by atoms with E-state index in [2.05, 4.69) is 4.98 Å². The first-order chi connectivity index (χ1) is 9.65. The quantitative estimate of drug-likeness (QED) is 0.683. The van der Waals surface area contributed by atoms with Crippen molar-refractivity contribution >= 4 is 16.8 Å². The highest BCUT2D eigenvalue weighted by Crippen LogP contribution is 2.21. The zero-order valence-electron chi connectivity index (χ0n) is 10.9. The summed E-state index contributed by atoms with van der Waals surface area (Å²) in [4.78, 5) is 27.6. The molecule has 100 valence electrons. The molecule has 0 fully saturated rings. The van der Waals surface area contributed by atoms with Gasteiger partial charge in [-0.1, -0.05) is 18.2 Å². The van der Waals surface area contributed by atoms with Crippen molar-refractivity contribution in [3.63, 3.8) is 0 Å². The Morgan fingerprint density at radius 3 is 3.00 bits per heavy atom. The normalized spacial score (nSPS) is 10.8. The van der Waals surface area contributed by atoms with Crippen LogP contribution in [0, 0.1) is 6.92 Å². The summed E-state index contributed by atoms with van der Waals surface area (Å²) in [5.74, 6) is -0.176. The average molecular weight is 268 g/mol. The lowest BCUT2D eigenvalue weighted by Crippen LogP contribution is -2.26. The number of furan rings is 1. The monoisotopic (exact) mass is 268 g/mol. The van der Waals surface area contributed by atoms with E-state index in [1.165, 1.54) is 17.0 Å². The Labute approximate surface area is 114 Å². The summed E-state index contributed by atoms with van der Waals surface area (Å²) in [7, 11) is 0. The lowest BCUT2D eigenvalue weighted by Gasteiger charge is -2.04. The molecule has 0 N–H and O–H groups in total. The molecule has 0 aliphatic rings. The predicted octanol–water partition coefficient (Wildman–Crippen LogP) is 2.18. The summed E-state index contributed by atoms with van der Waals surface area (Å²) in [5.41, 5.74) is 1.53. The lowest BCUT2D eigenvalue weighted by atomic mass is 10.1. The van der Waals surface area contributed by atoms with Gasteiger partial charge in [0.1, 0.15) is 11.8 Å². The largest absolute Gasteiger partial charge is 0.464 e. The molecule has 0 bridgehead atoms. The van der Waals surface area contributed by atoms with Crippen molar-refractivity contribution in [2.24, 2.45) is 0 Å². The highest BCUT2D eigenvalue weighted by Gasteiger charge is 2.14. The first-order valence-corrected chi connectivity index (χ1v) is 6.17. The Bertz CT molecular complexity index is 845. The number of carbonyl (C=O) groups is 1. The van der Waals surface area contributed by atoms with E-state index in [1.807, 2.05) is 25.1 Å². The summed E-state index contributed by atoms with van der Waals surface area (Å²) in [5, 5.41) is 0.756. The molecule has 20 heavy (non-hydrogen) atoms. The molecule has 0 radical (unpaired) electrons. The van der Waals surface area contributed by atoms with Crippen molar-refractivity contribution in [2.75, 3.05) is 0 Å². The number of benzene rings is 1. The van der Waals surface area contributed by atoms with Crippen LogP contribution in [-0.4, -0.2) is 15.3 Å². The number of carbonyl (C=O) groups excluding carboxylic acids is 1. The van der Waals surface area contributed by atoms with Crippen LogP contribution < -0.4 is 5.69 Å². The van der Waals surface area contributed by atoms with Gasteiger partial charge in [0.05, 0.1) is 12.1 Å². The second kappa shape index (κ2) is 4.77.